The van der Waals surface area contributed by atoms with Gasteiger partial charge in [-0.2, -0.15) is 0 Å². The molecule has 2 bridgehead atoms. The Labute approximate surface area is 131 Å². The van der Waals surface area contributed by atoms with Gasteiger partial charge in [0.2, 0.25) is 0 Å². The second-order valence-electron chi connectivity index (χ2n) is 6.19. The van der Waals surface area contributed by atoms with Gasteiger partial charge < -0.3 is 10.1 Å². The highest BCUT2D eigenvalue weighted by Gasteiger charge is 2.39. The van der Waals surface area contributed by atoms with Gasteiger partial charge in [0.25, 0.3) is 0 Å². The van der Waals surface area contributed by atoms with E-state index < -0.39 is 0 Å². The fourth-order valence-electron chi connectivity index (χ4n) is 3.66. The zero-order valence-corrected chi connectivity index (χ0v) is 12.6. The first kappa shape index (κ1) is 13.7. The molecule has 0 unspecified atom stereocenters. The summed E-state index contributed by atoms with van der Waals surface area (Å²) in [5.74, 6) is 0.389. The van der Waals surface area contributed by atoms with Crippen LogP contribution in [0.15, 0.2) is 72.8 Å². The zero-order chi connectivity index (χ0) is 14.8. The average molecular weight is 291 g/mol. The minimum atomic E-state index is 0.258. The van der Waals surface area contributed by atoms with Crippen LogP contribution >= 0.6 is 0 Å². The Balaban J connectivity index is 1.54. The maximum atomic E-state index is 6.34. The van der Waals surface area contributed by atoms with Crippen LogP contribution in [0.1, 0.15) is 23.5 Å². The first-order valence-corrected chi connectivity index (χ1v) is 8.05. The molecule has 4 atom stereocenters. The Bertz CT molecular complexity index is 637. The van der Waals surface area contributed by atoms with E-state index in [1.165, 1.54) is 11.1 Å². The van der Waals surface area contributed by atoms with E-state index >= 15 is 0 Å². The van der Waals surface area contributed by atoms with E-state index in [9.17, 15) is 0 Å². The number of nitrogens with one attached hydrogen (secondary N) is 1. The van der Waals surface area contributed by atoms with Gasteiger partial charge in [-0.25, -0.2) is 0 Å². The highest BCUT2D eigenvalue weighted by molar-refractivity contribution is 5.30. The predicted octanol–water partition coefficient (Wildman–Crippen LogP) is 3.66. The summed E-state index contributed by atoms with van der Waals surface area (Å²) in [7, 11) is 0. The minimum Gasteiger partial charge on any atom is -0.373 e. The van der Waals surface area contributed by atoms with E-state index in [4.69, 9.17) is 4.74 Å². The van der Waals surface area contributed by atoms with Gasteiger partial charge in [0, 0.05) is 18.0 Å². The van der Waals surface area contributed by atoms with E-state index in [0.29, 0.717) is 24.6 Å². The van der Waals surface area contributed by atoms with E-state index in [1.807, 2.05) is 6.07 Å². The molecule has 2 aliphatic heterocycles. The fraction of sp³-hybridized carbons (Fsp3) is 0.300. The van der Waals surface area contributed by atoms with Crippen LogP contribution in [0, 0.1) is 0 Å². The monoisotopic (exact) mass is 291 g/mol. The van der Waals surface area contributed by atoms with Crippen LogP contribution in [0.3, 0.4) is 0 Å². The van der Waals surface area contributed by atoms with Crippen molar-refractivity contribution < 1.29 is 4.74 Å². The largest absolute Gasteiger partial charge is 0.373 e. The van der Waals surface area contributed by atoms with Gasteiger partial charge in [-0.05, 0) is 17.5 Å². The van der Waals surface area contributed by atoms with E-state index in [-0.39, 0.29) is 6.10 Å². The summed E-state index contributed by atoms with van der Waals surface area (Å²) in [6.45, 7) is 0.689. The Morgan fingerprint density at radius 1 is 0.909 bits per heavy atom. The molecule has 0 aliphatic carbocycles. The quantitative estimate of drug-likeness (QED) is 0.868. The highest BCUT2D eigenvalue weighted by Crippen LogP contribution is 2.36. The van der Waals surface area contributed by atoms with Crippen molar-refractivity contribution in [3.63, 3.8) is 0 Å². The summed E-state index contributed by atoms with van der Waals surface area (Å²) < 4.78 is 6.34. The zero-order valence-electron chi connectivity index (χ0n) is 12.6. The molecule has 2 aromatic rings. The summed E-state index contributed by atoms with van der Waals surface area (Å²) in [4.78, 5) is 0. The van der Waals surface area contributed by atoms with Crippen molar-refractivity contribution in [2.75, 3.05) is 0 Å². The topological polar surface area (TPSA) is 21.3 Å². The van der Waals surface area contributed by atoms with Gasteiger partial charge in [-0.1, -0.05) is 72.8 Å². The van der Waals surface area contributed by atoms with E-state index in [1.54, 1.807) is 0 Å². The van der Waals surface area contributed by atoms with E-state index in [0.717, 1.165) is 6.42 Å². The van der Waals surface area contributed by atoms with Crippen molar-refractivity contribution >= 4 is 0 Å². The molecule has 0 aromatic heterocycles. The molecule has 0 saturated carbocycles. The molecule has 0 radical (unpaired) electrons. The third kappa shape index (κ3) is 2.72. The summed E-state index contributed by atoms with van der Waals surface area (Å²) >= 11 is 0. The molecule has 1 N–H and O–H groups in total. The molecule has 0 amide bonds. The number of ether oxygens (including phenoxy) is 1. The number of rotatable bonds is 4. The van der Waals surface area contributed by atoms with Gasteiger partial charge in [-0.3, -0.25) is 0 Å². The molecule has 112 valence electrons. The number of piperidine rings is 1. The van der Waals surface area contributed by atoms with E-state index in [2.05, 4.69) is 72.1 Å². The maximum Gasteiger partial charge on any atom is 0.0720 e. The molecule has 2 nitrogen and oxygen atoms in total. The summed E-state index contributed by atoms with van der Waals surface area (Å²) in [5, 5.41) is 3.68. The van der Waals surface area contributed by atoms with Gasteiger partial charge in [-0.15, -0.1) is 0 Å². The van der Waals surface area contributed by atoms with Gasteiger partial charge in [0.05, 0.1) is 12.7 Å². The lowest BCUT2D eigenvalue weighted by molar-refractivity contribution is -0.00391. The van der Waals surface area contributed by atoms with Crippen molar-refractivity contribution in [1.29, 1.82) is 0 Å². The molecule has 1 fully saturated rings. The molecule has 0 spiro atoms. The van der Waals surface area contributed by atoms with Crippen molar-refractivity contribution in [1.82, 2.24) is 5.32 Å². The molecule has 2 heterocycles. The Morgan fingerprint density at radius 3 is 2.41 bits per heavy atom. The SMILES string of the molecule is C1=C[C@@H]2N[C@H]1C[C@H](OCc1ccccc1)[C@@H]2c1ccccc1. The van der Waals surface area contributed by atoms with Crippen LogP contribution < -0.4 is 5.32 Å². The number of hydrogen-bond acceptors (Lipinski definition) is 2. The fourth-order valence-corrected chi connectivity index (χ4v) is 3.66. The summed E-state index contributed by atoms with van der Waals surface area (Å²) in [6.07, 6.45) is 5.91. The van der Waals surface area contributed by atoms with Gasteiger partial charge in [0.15, 0.2) is 0 Å². The smallest absolute Gasteiger partial charge is 0.0720 e. The average Bonchev–Trinajstić information content (AvgIpc) is 2.96. The first-order valence-electron chi connectivity index (χ1n) is 8.05. The lowest BCUT2D eigenvalue weighted by atomic mass is 9.83. The summed E-state index contributed by atoms with van der Waals surface area (Å²) in [5.41, 5.74) is 2.61. The predicted molar refractivity (Wildman–Crippen MR) is 88.7 cm³/mol. The Kier molecular flexibility index (Phi) is 3.79. The van der Waals surface area contributed by atoms with Crippen LogP contribution in [0.5, 0.6) is 0 Å². The molecular weight excluding hydrogens is 270 g/mol. The van der Waals surface area contributed by atoms with Crippen LogP contribution in [0.2, 0.25) is 0 Å². The first-order chi connectivity index (χ1) is 10.9. The highest BCUT2D eigenvalue weighted by atomic mass is 16.5. The second kappa shape index (κ2) is 6.07. The van der Waals surface area contributed by atoms with Gasteiger partial charge in [0.1, 0.15) is 0 Å². The molecule has 4 rings (SSSR count). The lowest BCUT2D eigenvalue weighted by Crippen LogP contribution is -2.48. The maximum absolute atomic E-state index is 6.34. The van der Waals surface area contributed by atoms with Crippen molar-refractivity contribution in [2.24, 2.45) is 0 Å². The third-order valence-corrected chi connectivity index (χ3v) is 4.72. The van der Waals surface area contributed by atoms with Crippen LogP contribution in [0.25, 0.3) is 0 Å². The number of hydrogen-bond donors (Lipinski definition) is 1. The van der Waals surface area contributed by atoms with Crippen LogP contribution in [-0.4, -0.2) is 18.2 Å². The molecule has 2 aromatic carbocycles. The normalized spacial score (nSPS) is 29.6. The molecule has 22 heavy (non-hydrogen) atoms. The van der Waals surface area contributed by atoms with Crippen molar-refractivity contribution in [3.05, 3.63) is 83.9 Å². The molecule has 2 aliphatic rings. The molecule has 1 saturated heterocycles. The third-order valence-electron chi connectivity index (χ3n) is 4.72. The Hall–Kier alpha value is -1.90. The molecular formula is C20H21NO. The van der Waals surface area contributed by atoms with Crippen LogP contribution in [0.4, 0.5) is 0 Å². The second-order valence-corrected chi connectivity index (χ2v) is 6.19. The van der Waals surface area contributed by atoms with Gasteiger partial charge >= 0.3 is 0 Å². The minimum absolute atomic E-state index is 0.258. The van der Waals surface area contributed by atoms with Crippen molar-refractivity contribution in [3.8, 4) is 0 Å². The number of benzene rings is 2. The lowest BCUT2D eigenvalue weighted by Gasteiger charge is -2.38. The standard InChI is InChI=1S/C20H21NO/c1-3-7-15(8-4-1)14-22-19-13-17-11-12-18(21-17)20(19)16-9-5-2-6-10-16/h1-12,17-21H,13-14H2/t17-,18+,19+,20-/m1/s1. The van der Waals surface area contributed by atoms with Crippen LogP contribution in [-0.2, 0) is 11.3 Å². The Morgan fingerprint density at radius 2 is 1.64 bits per heavy atom. The number of fused-ring (bicyclic) bond motifs is 2. The molecule has 2 heteroatoms. The summed E-state index contributed by atoms with van der Waals surface area (Å²) in [6, 6.07) is 22.1. The van der Waals surface area contributed by atoms with Crippen molar-refractivity contribution in [2.45, 2.75) is 37.1 Å².